The molecule has 6 unspecified atom stereocenters. The van der Waals surface area contributed by atoms with Gasteiger partial charge in [0, 0.05) is 41.1 Å². The van der Waals surface area contributed by atoms with Crippen LogP contribution in [0.4, 0.5) is 0 Å². The molecule has 226 valence electrons. The van der Waals surface area contributed by atoms with Gasteiger partial charge in [-0.05, 0) is 91.4 Å². The highest BCUT2D eigenvalue weighted by Gasteiger charge is 2.61. The molecule has 9 rings (SSSR count). The van der Waals surface area contributed by atoms with Gasteiger partial charge in [0.15, 0.2) is 0 Å². The molecule has 5 aliphatic carbocycles. The molecular weight excluding hydrogens is 548 g/mol. The van der Waals surface area contributed by atoms with Crippen molar-refractivity contribution in [3.8, 4) is 11.1 Å². The molecule has 1 saturated heterocycles. The van der Waals surface area contributed by atoms with Gasteiger partial charge in [-0.25, -0.2) is 0 Å². The zero-order chi connectivity index (χ0) is 29.8. The number of allylic oxidation sites excluding steroid dienone is 14. The number of benzene rings is 2. The molecule has 2 aromatic rings. The van der Waals surface area contributed by atoms with E-state index in [4.69, 9.17) is 9.47 Å². The van der Waals surface area contributed by atoms with E-state index < -0.39 is 0 Å². The van der Waals surface area contributed by atoms with Crippen molar-refractivity contribution in [1.82, 2.24) is 0 Å². The monoisotopic (exact) mass is 590 g/mol. The lowest BCUT2D eigenvalue weighted by molar-refractivity contribution is -0.0691. The van der Waals surface area contributed by atoms with Crippen LogP contribution in [-0.2, 0) is 9.47 Å². The third-order valence-electron chi connectivity index (χ3n) is 11.6. The normalized spacial score (nSPS) is 32.9. The lowest BCUT2D eigenvalue weighted by Gasteiger charge is -2.59. The summed E-state index contributed by atoms with van der Waals surface area (Å²) in [5.41, 5.74) is 8.20. The Hall–Kier alpha value is -4.04. The molecule has 1 fully saturated rings. The molecule has 1 spiro atoms. The average Bonchev–Trinajstić information content (AvgIpc) is 3.12. The van der Waals surface area contributed by atoms with Crippen LogP contribution in [0.5, 0.6) is 0 Å². The molecule has 0 saturated carbocycles. The van der Waals surface area contributed by atoms with Gasteiger partial charge in [0.25, 0.3) is 0 Å². The lowest BCUT2D eigenvalue weighted by Crippen LogP contribution is -2.55. The second kappa shape index (κ2) is 11.1. The van der Waals surface area contributed by atoms with Crippen LogP contribution in [0.25, 0.3) is 11.1 Å². The summed E-state index contributed by atoms with van der Waals surface area (Å²) in [5.74, 6) is 4.92. The minimum atomic E-state index is -0.117. The molecule has 7 aliphatic rings. The van der Waals surface area contributed by atoms with Gasteiger partial charge in [-0.1, -0.05) is 103 Å². The molecule has 0 aromatic heterocycles. The smallest absolute Gasteiger partial charge is 0.126 e. The maximum atomic E-state index is 7.08. The zero-order valence-electron chi connectivity index (χ0n) is 26.0. The average molecular weight is 591 g/mol. The highest BCUT2D eigenvalue weighted by molar-refractivity contribution is 5.65. The molecule has 2 heterocycles. The molecular formula is C43H42O2. The Morgan fingerprint density at radius 1 is 0.756 bits per heavy atom. The molecule has 0 bridgehead atoms. The molecule has 2 aliphatic heterocycles. The van der Waals surface area contributed by atoms with E-state index in [-0.39, 0.29) is 17.4 Å². The third-order valence-corrected chi connectivity index (χ3v) is 11.6. The van der Waals surface area contributed by atoms with Crippen molar-refractivity contribution in [2.24, 2.45) is 23.2 Å². The highest BCUT2D eigenvalue weighted by Crippen LogP contribution is 2.66. The second-order valence-electron chi connectivity index (χ2n) is 13.9. The predicted molar refractivity (Wildman–Crippen MR) is 182 cm³/mol. The summed E-state index contributed by atoms with van der Waals surface area (Å²) in [5, 5.41) is 0. The van der Waals surface area contributed by atoms with Gasteiger partial charge in [0.05, 0.1) is 5.76 Å². The Morgan fingerprint density at radius 3 is 2.58 bits per heavy atom. The maximum Gasteiger partial charge on any atom is 0.126 e. The molecule has 0 amide bonds. The highest BCUT2D eigenvalue weighted by atomic mass is 16.5. The quantitative estimate of drug-likeness (QED) is 0.331. The van der Waals surface area contributed by atoms with E-state index in [9.17, 15) is 0 Å². The largest absolute Gasteiger partial charge is 0.494 e. The summed E-state index contributed by atoms with van der Waals surface area (Å²) < 4.78 is 14.1. The summed E-state index contributed by atoms with van der Waals surface area (Å²) in [6, 6.07) is 19.9. The Labute approximate surface area is 267 Å². The van der Waals surface area contributed by atoms with Crippen molar-refractivity contribution in [2.45, 2.75) is 69.8 Å². The standard InChI is InChI=1S/C43H42O2/c1-3-12-29(13-4-1)31-16-11-17-32(26-31)34-23-25-38-42(28-34)45-40-21-10-8-19-36(40)43(38)35-18-7-9-20-39(35)44-41-27-33(22-24-37(41)43)30-14-5-2-6-15-30/h1,3-5,10-17,20-26,33-35,37,41H,2,6-9,18-19,27-28H2. The van der Waals surface area contributed by atoms with E-state index in [0.717, 1.165) is 50.7 Å². The van der Waals surface area contributed by atoms with Crippen LogP contribution < -0.4 is 0 Å². The third kappa shape index (κ3) is 4.43. The van der Waals surface area contributed by atoms with Crippen LogP contribution in [0.15, 0.2) is 149 Å². The SMILES string of the molecule is C1=CC(C2C=CC3C(C2)OC2=CCCCC2C32C3=C(CC(c4cccc(-c5ccccc5)c4)C=C3)OC3=C2CCC=C3)=CCC1. The van der Waals surface area contributed by atoms with Crippen molar-refractivity contribution in [3.63, 3.8) is 0 Å². The number of fused-ring (bicyclic) bond motifs is 6. The van der Waals surface area contributed by atoms with Crippen molar-refractivity contribution < 1.29 is 9.47 Å². The van der Waals surface area contributed by atoms with E-state index in [1.165, 1.54) is 57.8 Å². The number of rotatable bonds is 3. The second-order valence-corrected chi connectivity index (χ2v) is 13.9. The molecule has 6 atom stereocenters. The molecule has 0 N–H and O–H groups in total. The summed E-state index contributed by atoms with van der Waals surface area (Å²) in [6.45, 7) is 0. The molecule has 2 heteroatoms. The lowest BCUT2D eigenvalue weighted by atomic mass is 9.49. The first-order chi connectivity index (χ1) is 22.3. The van der Waals surface area contributed by atoms with Crippen LogP contribution in [0.1, 0.15) is 69.3 Å². The maximum absolute atomic E-state index is 7.08. The number of hydrogen-bond acceptors (Lipinski definition) is 2. The van der Waals surface area contributed by atoms with Gasteiger partial charge in [0.1, 0.15) is 17.6 Å². The van der Waals surface area contributed by atoms with E-state index >= 15 is 0 Å². The fraction of sp³-hybridized carbons (Fsp3) is 0.349. The predicted octanol–water partition coefficient (Wildman–Crippen LogP) is 10.8. The topological polar surface area (TPSA) is 18.5 Å². The van der Waals surface area contributed by atoms with E-state index in [0.29, 0.717) is 17.8 Å². The Kier molecular flexibility index (Phi) is 6.72. The Morgan fingerprint density at radius 2 is 1.67 bits per heavy atom. The zero-order valence-corrected chi connectivity index (χ0v) is 26.0. The minimum absolute atomic E-state index is 0.117. The first-order valence-corrected chi connectivity index (χ1v) is 17.4. The van der Waals surface area contributed by atoms with Gasteiger partial charge in [-0.3, -0.25) is 0 Å². The van der Waals surface area contributed by atoms with Gasteiger partial charge in [-0.2, -0.15) is 0 Å². The van der Waals surface area contributed by atoms with Gasteiger partial charge >= 0.3 is 0 Å². The molecule has 2 aromatic carbocycles. The van der Waals surface area contributed by atoms with Crippen molar-refractivity contribution in [2.75, 3.05) is 0 Å². The minimum Gasteiger partial charge on any atom is -0.494 e. The molecule has 2 nitrogen and oxygen atoms in total. The van der Waals surface area contributed by atoms with Crippen LogP contribution in [-0.4, -0.2) is 6.10 Å². The summed E-state index contributed by atoms with van der Waals surface area (Å²) in [7, 11) is 0. The fourth-order valence-corrected chi connectivity index (χ4v) is 9.59. The van der Waals surface area contributed by atoms with Crippen LogP contribution in [0.2, 0.25) is 0 Å². The van der Waals surface area contributed by atoms with E-state index in [1.807, 2.05) is 0 Å². The molecule has 45 heavy (non-hydrogen) atoms. The van der Waals surface area contributed by atoms with E-state index in [1.54, 1.807) is 0 Å². The van der Waals surface area contributed by atoms with E-state index in [2.05, 4.69) is 115 Å². The summed E-state index contributed by atoms with van der Waals surface area (Å²) >= 11 is 0. The van der Waals surface area contributed by atoms with Crippen LogP contribution in [0.3, 0.4) is 0 Å². The van der Waals surface area contributed by atoms with Gasteiger partial charge in [-0.15, -0.1) is 0 Å². The Bertz CT molecular complexity index is 1760. The first-order valence-electron chi connectivity index (χ1n) is 17.4. The fourth-order valence-electron chi connectivity index (χ4n) is 9.59. The van der Waals surface area contributed by atoms with Crippen molar-refractivity contribution in [3.05, 3.63) is 155 Å². The first kappa shape index (κ1) is 27.3. The van der Waals surface area contributed by atoms with Crippen molar-refractivity contribution in [1.29, 1.82) is 0 Å². The Balaban J connectivity index is 1.15. The summed E-state index contributed by atoms with van der Waals surface area (Å²) in [6.07, 6.45) is 34.4. The van der Waals surface area contributed by atoms with Gasteiger partial charge in [0.2, 0.25) is 0 Å². The summed E-state index contributed by atoms with van der Waals surface area (Å²) in [4.78, 5) is 0. The van der Waals surface area contributed by atoms with Crippen LogP contribution in [0, 0.1) is 23.2 Å². The molecule has 0 radical (unpaired) electrons. The number of hydrogen-bond donors (Lipinski definition) is 0. The number of ether oxygens (including phenoxy) is 2. The van der Waals surface area contributed by atoms with Crippen molar-refractivity contribution >= 4 is 0 Å². The van der Waals surface area contributed by atoms with Crippen LogP contribution >= 0.6 is 0 Å². The van der Waals surface area contributed by atoms with Gasteiger partial charge < -0.3 is 9.47 Å².